The maximum atomic E-state index is 12.8. The molecule has 0 N–H and O–H groups in total. The average molecular weight is 411 g/mol. The summed E-state index contributed by atoms with van der Waals surface area (Å²) in [5.41, 5.74) is 4.61. The summed E-state index contributed by atoms with van der Waals surface area (Å²) in [6.07, 6.45) is 0. The third kappa shape index (κ3) is 9.35. The van der Waals surface area contributed by atoms with Crippen molar-refractivity contribution in [2.24, 2.45) is 0 Å². The zero-order valence-electron chi connectivity index (χ0n) is 19.4. The monoisotopic (exact) mass is 410 g/mol. The Kier molecular flexibility index (Phi) is 11.0. The van der Waals surface area contributed by atoms with Gasteiger partial charge in [0.2, 0.25) is 0 Å². The molecule has 0 saturated heterocycles. The van der Waals surface area contributed by atoms with E-state index in [-0.39, 0.29) is 17.6 Å². The van der Waals surface area contributed by atoms with Gasteiger partial charge in [-0.1, -0.05) is 102 Å². The Morgan fingerprint density at radius 2 is 1.13 bits per heavy atom. The van der Waals surface area contributed by atoms with Gasteiger partial charge in [-0.05, 0) is 59.6 Å². The minimum Gasteiger partial charge on any atom is -0.207 e. The zero-order chi connectivity index (χ0) is 22.7. The number of benzene rings is 3. The molecule has 2 heteroatoms. The summed E-state index contributed by atoms with van der Waals surface area (Å²) in [6, 6.07) is 22.3. The van der Waals surface area contributed by atoms with Crippen molar-refractivity contribution in [3.8, 4) is 0 Å². The average Bonchev–Trinajstić information content (AvgIpc) is 2.69. The quantitative estimate of drug-likeness (QED) is 0.404. The van der Waals surface area contributed by atoms with Gasteiger partial charge < -0.3 is 0 Å². The Labute approximate surface area is 182 Å². The normalized spacial score (nSPS) is 10.4. The van der Waals surface area contributed by atoms with Crippen LogP contribution in [0.2, 0.25) is 0 Å². The lowest BCUT2D eigenvalue weighted by atomic mass is 10.0. The first kappa shape index (κ1) is 25.6. The highest BCUT2D eigenvalue weighted by Crippen LogP contribution is 2.17. The molecule has 0 fully saturated rings. The number of rotatable bonds is 3. The minimum atomic E-state index is -0.147. The van der Waals surface area contributed by atoms with Crippen LogP contribution in [-0.4, -0.2) is 0 Å². The van der Waals surface area contributed by atoms with Crippen molar-refractivity contribution >= 4 is 0 Å². The van der Waals surface area contributed by atoms with Gasteiger partial charge in [0.1, 0.15) is 11.6 Å². The van der Waals surface area contributed by atoms with Crippen molar-refractivity contribution in [2.75, 3.05) is 0 Å². The third-order valence-electron chi connectivity index (χ3n) is 4.79. The van der Waals surface area contributed by atoms with E-state index < -0.39 is 0 Å². The Balaban J connectivity index is 0.000000225. The molecule has 0 aliphatic carbocycles. The molecule has 0 nitrogen and oxygen atoms in total. The van der Waals surface area contributed by atoms with Gasteiger partial charge in [0.15, 0.2) is 0 Å². The lowest BCUT2D eigenvalue weighted by molar-refractivity contribution is 0.598. The fourth-order valence-corrected chi connectivity index (χ4v) is 2.76. The molecule has 0 bridgehead atoms. The minimum absolute atomic E-state index is 0.0995. The first-order valence-corrected chi connectivity index (χ1v) is 10.7. The molecule has 0 heterocycles. The summed E-state index contributed by atoms with van der Waals surface area (Å²) >= 11 is 0. The molecule has 0 radical (unpaired) electrons. The second-order valence-electron chi connectivity index (χ2n) is 8.45. The van der Waals surface area contributed by atoms with Crippen LogP contribution in [0.15, 0.2) is 72.8 Å². The lowest BCUT2D eigenvalue weighted by Crippen LogP contribution is -1.90. The van der Waals surface area contributed by atoms with E-state index in [0.717, 1.165) is 11.1 Å². The Hall–Kier alpha value is -2.48. The molecular weight excluding hydrogens is 374 g/mol. The fraction of sp³-hybridized carbons (Fsp3) is 0.357. The molecule has 162 valence electrons. The number of halogens is 2. The number of hydrogen-bond acceptors (Lipinski definition) is 0. The van der Waals surface area contributed by atoms with Gasteiger partial charge in [-0.15, -0.1) is 0 Å². The van der Waals surface area contributed by atoms with Gasteiger partial charge in [-0.3, -0.25) is 0 Å². The van der Waals surface area contributed by atoms with Crippen molar-refractivity contribution in [3.05, 3.63) is 107 Å². The van der Waals surface area contributed by atoms with Crippen LogP contribution in [0.1, 0.15) is 81.5 Å². The summed E-state index contributed by atoms with van der Waals surface area (Å²) in [4.78, 5) is 0. The van der Waals surface area contributed by atoms with Crippen molar-refractivity contribution in [1.82, 2.24) is 0 Å². The van der Waals surface area contributed by atoms with Crippen LogP contribution >= 0.6 is 0 Å². The molecule has 3 rings (SSSR count). The predicted octanol–water partition coefficient (Wildman–Crippen LogP) is 9.02. The van der Waals surface area contributed by atoms with Gasteiger partial charge in [0.05, 0.1) is 0 Å². The highest BCUT2D eigenvalue weighted by Gasteiger charge is 2.03. The zero-order valence-corrected chi connectivity index (χ0v) is 19.4. The predicted molar refractivity (Wildman–Crippen MR) is 126 cm³/mol. The Bertz CT molecular complexity index is 862. The van der Waals surface area contributed by atoms with E-state index in [4.69, 9.17) is 0 Å². The summed E-state index contributed by atoms with van der Waals surface area (Å²) in [7, 11) is 0. The van der Waals surface area contributed by atoms with Crippen LogP contribution in [0.25, 0.3) is 0 Å². The first-order valence-electron chi connectivity index (χ1n) is 10.7. The third-order valence-corrected chi connectivity index (χ3v) is 4.79. The molecule has 0 aliphatic rings. The number of hydrogen-bond donors (Lipinski definition) is 0. The van der Waals surface area contributed by atoms with Crippen LogP contribution in [0.5, 0.6) is 0 Å². The molecule has 0 amide bonds. The van der Waals surface area contributed by atoms with E-state index in [1.807, 2.05) is 32.0 Å². The van der Waals surface area contributed by atoms with Gasteiger partial charge >= 0.3 is 0 Å². The van der Waals surface area contributed by atoms with E-state index >= 15 is 0 Å². The highest BCUT2D eigenvalue weighted by molar-refractivity contribution is 5.23. The van der Waals surface area contributed by atoms with E-state index in [0.29, 0.717) is 11.8 Å². The van der Waals surface area contributed by atoms with Crippen LogP contribution < -0.4 is 0 Å². The molecule has 3 aromatic carbocycles. The summed E-state index contributed by atoms with van der Waals surface area (Å²) in [5, 5.41) is 0. The molecular formula is C28H36F2. The van der Waals surface area contributed by atoms with Crippen LogP contribution in [-0.2, 0) is 0 Å². The summed E-state index contributed by atoms with van der Waals surface area (Å²) in [6.45, 7) is 14.6. The highest BCUT2D eigenvalue weighted by atomic mass is 19.1. The largest absolute Gasteiger partial charge is 0.207 e. The smallest absolute Gasteiger partial charge is 0.126 e. The Morgan fingerprint density at radius 3 is 1.53 bits per heavy atom. The van der Waals surface area contributed by atoms with Gasteiger partial charge in [-0.2, -0.15) is 0 Å². The van der Waals surface area contributed by atoms with Crippen LogP contribution in [0.4, 0.5) is 8.78 Å². The lowest BCUT2D eigenvalue weighted by Gasteiger charge is -2.04. The second-order valence-corrected chi connectivity index (χ2v) is 8.45. The van der Waals surface area contributed by atoms with Crippen molar-refractivity contribution in [3.63, 3.8) is 0 Å². The standard InChI is InChI=1S/C10H14.2C9H11F/c1-8(2)10-6-4-9(3)5-7-10;1-7(2)8-4-3-5-9(10)6-8;1-7(2)8-5-3-4-6-9(8)10/h4-8H,1-3H3;2*3-7H,1-2H3. The van der Waals surface area contributed by atoms with Crippen LogP contribution in [0, 0.1) is 18.6 Å². The van der Waals surface area contributed by atoms with Crippen molar-refractivity contribution < 1.29 is 8.78 Å². The van der Waals surface area contributed by atoms with Gasteiger partial charge in [0.25, 0.3) is 0 Å². The van der Waals surface area contributed by atoms with E-state index in [2.05, 4.69) is 58.9 Å². The SMILES string of the molecule is CC(C)c1cccc(F)c1.CC(C)c1ccccc1F.Cc1ccc(C(C)C)cc1. The van der Waals surface area contributed by atoms with E-state index in [9.17, 15) is 8.78 Å². The molecule has 30 heavy (non-hydrogen) atoms. The molecule has 3 aromatic rings. The van der Waals surface area contributed by atoms with Crippen molar-refractivity contribution in [1.29, 1.82) is 0 Å². The number of aryl methyl sites for hydroxylation is 1. The molecule has 0 spiro atoms. The topological polar surface area (TPSA) is 0 Å². The maximum absolute atomic E-state index is 12.8. The first-order chi connectivity index (χ1) is 14.1. The molecule has 0 unspecified atom stereocenters. The van der Waals surface area contributed by atoms with E-state index in [1.54, 1.807) is 18.2 Å². The summed E-state index contributed by atoms with van der Waals surface area (Å²) in [5.74, 6) is 1.10. The second kappa shape index (κ2) is 13.0. The molecule has 0 atom stereocenters. The molecule has 0 aromatic heterocycles. The molecule has 0 aliphatic heterocycles. The Morgan fingerprint density at radius 1 is 0.567 bits per heavy atom. The van der Waals surface area contributed by atoms with Gasteiger partial charge in [0, 0.05) is 0 Å². The summed E-state index contributed by atoms with van der Waals surface area (Å²) < 4.78 is 25.4. The fourth-order valence-electron chi connectivity index (χ4n) is 2.76. The molecule has 0 saturated carbocycles. The maximum Gasteiger partial charge on any atom is 0.126 e. The van der Waals surface area contributed by atoms with E-state index in [1.165, 1.54) is 23.3 Å². The van der Waals surface area contributed by atoms with Gasteiger partial charge in [-0.25, -0.2) is 8.78 Å². The van der Waals surface area contributed by atoms with Crippen LogP contribution in [0.3, 0.4) is 0 Å². The van der Waals surface area contributed by atoms with Crippen molar-refractivity contribution in [2.45, 2.75) is 66.2 Å².